The predicted octanol–water partition coefficient (Wildman–Crippen LogP) is 0.357. The molecule has 1 heterocycles. The molecule has 0 unspecified atom stereocenters. The van der Waals surface area contributed by atoms with Gasteiger partial charge in [-0.2, -0.15) is 0 Å². The van der Waals surface area contributed by atoms with Gasteiger partial charge in [-0.15, -0.1) is 0 Å². The van der Waals surface area contributed by atoms with Crippen LogP contribution in [0.1, 0.15) is 19.3 Å². The number of nitrogens with one attached hydrogen (secondary N) is 1. The number of piperidine rings is 1. The zero-order chi connectivity index (χ0) is 18.6. The van der Waals surface area contributed by atoms with E-state index in [0.29, 0.717) is 32.0 Å². The number of halogens is 2. The highest BCUT2D eigenvalue weighted by Gasteiger charge is 2.26. The number of primary amides is 1. The van der Waals surface area contributed by atoms with Gasteiger partial charge < -0.3 is 10.6 Å². The summed E-state index contributed by atoms with van der Waals surface area (Å²) >= 11 is 0. The van der Waals surface area contributed by atoms with E-state index < -0.39 is 26.6 Å². The van der Waals surface area contributed by atoms with Crippen LogP contribution in [-0.2, 0) is 19.6 Å². The molecular weight excluding hydrogens is 356 g/mol. The lowest BCUT2D eigenvalue weighted by atomic mass is 9.96. The summed E-state index contributed by atoms with van der Waals surface area (Å²) in [6, 6.07) is 2.24. The van der Waals surface area contributed by atoms with E-state index in [0.717, 1.165) is 12.1 Å². The normalized spacial score (nSPS) is 16.0. The Morgan fingerprint density at radius 2 is 1.84 bits per heavy atom. The van der Waals surface area contributed by atoms with Crippen LogP contribution in [0.25, 0.3) is 0 Å². The molecule has 0 bridgehead atoms. The second kappa shape index (κ2) is 7.87. The number of nitrogens with two attached hydrogens (primary N) is 1. The Labute approximate surface area is 144 Å². The fourth-order valence-electron chi connectivity index (χ4n) is 2.59. The van der Waals surface area contributed by atoms with Crippen LogP contribution in [0.2, 0.25) is 0 Å². The minimum Gasteiger partial charge on any atom is -0.369 e. The number of amides is 2. The van der Waals surface area contributed by atoms with Crippen LogP contribution in [0.5, 0.6) is 0 Å². The summed E-state index contributed by atoms with van der Waals surface area (Å²) in [6.07, 6.45) is 0.896. The third-order valence-electron chi connectivity index (χ3n) is 4.08. The van der Waals surface area contributed by atoms with E-state index in [1.165, 1.54) is 0 Å². The fraction of sp³-hybridized carbons (Fsp3) is 0.467. The number of carbonyl (C=O) groups is 2. The third-order valence-corrected chi connectivity index (χ3v) is 5.54. The molecule has 1 aromatic rings. The van der Waals surface area contributed by atoms with Gasteiger partial charge in [0, 0.05) is 32.0 Å². The summed E-state index contributed by atoms with van der Waals surface area (Å²) in [5.74, 6) is -3.29. The Morgan fingerprint density at radius 1 is 1.20 bits per heavy atom. The number of hydrogen-bond acceptors (Lipinski definition) is 4. The third kappa shape index (κ3) is 4.95. The molecule has 1 aromatic carbocycles. The van der Waals surface area contributed by atoms with Gasteiger partial charge in [-0.3, -0.25) is 9.59 Å². The number of likely N-dealkylation sites (tertiary alicyclic amines) is 1. The van der Waals surface area contributed by atoms with E-state index >= 15 is 0 Å². The van der Waals surface area contributed by atoms with Crippen molar-refractivity contribution in [2.24, 2.45) is 11.7 Å². The molecule has 0 aliphatic carbocycles. The van der Waals surface area contributed by atoms with Gasteiger partial charge in [0.15, 0.2) is 11.6 Å². The van der Waals surface area contributed by atoms with Gasteiger partial charge in [-0.1, -0.05) is 0 Å². The maximum atomic E-state index is 13.1. The number of nitrogens with zero attached hydrogens (tertiary/aromatic N) is 1. The highest BCUT2D eigenvalue weighted by molar-refractivity contribution is 7.89. The minimum atomic E-state index is -4.03. The lowest BCUT2D eigenvalue weighted by Crippen LogP contribution is -2.42. The molecule has 1 aliphatic heterocycles. The summed E-state index contributed by atoms with van der Waals surface area (Å²) in [6.45, 7) is 0.612. The summed E-state index contributed by atoms with van der Waals surface area (Å²) < 4.78 is 52.2. The maximum Gasteiger partial charge on any atom is 0.240 e. The average molecular weight is 375 g/mol. The number of carbonyl (C=O) groups excluding carboxylic acids is 2. The first-order valence-electron chi connectivity index (χ1n) is 7.72. The van der Waals surface area contributed by atoms with Crippen molar-refractivity contribution >= 4 is 21.8 Å². The molecule has 0 saturated carbocycles. The van der Waals surface area contributed by atoms with Crippen LogP contribution < -0.4 is 10.5 Å². The first-order chi connectivity index (χ1) is 11.7. The van der Waals surface area contributed by atoms with Gasteiger partial charge in [0.1, 0.15) is 0 Å². The van der Waals surface area contributed by atoms with Gasteiger partial charge in [-0.05, 0) is 31.0 Å². The molecule has 10 heteroatoms. The van der Waals surface area contributed by atoms with Gasteiger partial charge in [0.25, 0.3) is 0 Å². The van der Waals surface area contributed by atoms with Crippen LogP contribution in [0.4, 0.5) is 8.78 Å². The van der Waals surface area contributed by atoms with Gasteiger partial charge >= 0.3 is 0 Å². The second-order valence-corrected chi connectivity index (χ2v) is 7.55. The van der Waals surface area contributed by atoms with Crippen molar-refractivity contribution in [1.29, 1.82) is 0 Å². The van der Waals surface area contributed by atoms with Crippen LogP contribution in [0.3, 0.4) is 0 Å². The Morgan fingerprint density at radius 3 is 2.40 bits per heavy atom. The number of hydrogen-bond donors (Lipinski definition) is 2. The zero-order valence-electron chi connectivity index (χ0n) is 13.4. The fourth-order valence-corrected chi connectivity index (χ4v) is 3.63. The Hall–Kier alpha value is -2.07. The van der Waals surface area contributed by atoms with E-state index in [2.05, 4.69) is 4.72 Å². The largest absolute Gasteiger partial charge is 0.369 e. The smallest absolute Gasteiger partial charge is 0.240 e. The van der Waals surface area contributed by atoms with E-state index in [-0.39, 0.29) is 30.7 Å². The van der Waals surface area contributed by atoms with Crippen LogP contribution in [0, 0.1) is 17.6 Å². The molecule has 2 amide bonds. The van der Waals surface area contributed by atoms with Gasteiger partial charge in [0.05, 0.1) is 4.90 Å². The van der Waals surface area contributed by atoms with Crippen molar-refractivity contribution in [1.82, 2.24) is 9.62 Å². The first-order valence-corrected chi connectivity index (χ1v) is 9.21. The molecule has 3 N–H and O–H groups in total. The molecular formula is C15H19F2N3O4S. The Balaban J connectivity index is 1.84. The lowest BCUT2D eigenvalue weighted by Gasteiger charge is -2.30. The second-order valence-electron chi connectivity index (χ2n) is 5.78. The zero-order valence-corrected chi connectivity index (χ0v) is 14.2. The van der Waals surface area contributed by atoms with E-state index in [1.807, 2.05) is 0 Å². The molecule has 1 saturated heterocycles. The number of benzene rings is 1. The standard InChI is InChI=1S/C15H19F2N3O4S/c16-12-2-1-11(9-13(12)17)25(23,24)19-6-3-14(21)20-7-4-10(5-8-20)15(18)22/h1-2,9-10,19H,3-8H2,(H2,18,22). The maximum absolute atomic E-state index is 13.1. The van der Waals surface area contributed by atoms with Gasteiger partial charge in [-0.25, -0.2) is 21.9 Å². The molecule has 1 fully saturated rings. The van der Waals surface area contributed by atoms with Crippen molar-refractivity contribution < 1.29 is 26.8 Å². The topological polar surface area (TPSA) is 110 Å². The molecule has 138 valence electrons. The Kier molecular flexibility index (Phi) is 6.07. The van der Waals surface area contributed by atoms with Crippen LogP contribution >= 0.6 is 0 Å². The van der Waals surface area contributed by atoms with E-state index in [1.54, 1.807) is 4.90 Å². The van der Waals surface area contributed by atoms with Crippen molar-refractivity contribution in [3.05, 3.63) is 29.8 Å². The molecule has 7 nitrogen and oxygen atoms in total. The van der Waals surface area contributed by atoms with Crippen LogP contribution in [0.15, 0.2) is 23.1 Å². The van der Waals surface area contributed by atoms with E-state index in [9.17, 15) is 26.8 Å². The summed E-state index contributed by atoms with van der Waals surface area (Å²) in [5, 5.41) is 0. The average Bonchev–Trinajstić information content (AvgIpc) is 2.57. The molecule has 25 heavy (non-hydrogen) atoms. The predicted molar refractivity (Wildman–Crippen MR) is 84.7 cm³/mol. The lowest BCUT2D eigenvalue weighted by molar-refractivity contribution is -0.134. The Bertz CT molecular complexity index is 762. The summed E-state index contributed by atoms with van der Waals surface area (Å²) in [5.41, 5.74) is 5.22. The van der Waals surface area contributed by atoms with E-state index in [4.69, 9.17) is 5.73 Å². The minimum absolute atomic E-state index is 0.0792. The van der Waals surface area contributed by atoms with Crippen molar-refractivity contribution in [2.75, 3.05) is 19.6 Å². The SMILES string of the molecule is NC(=O)C1CCN(C(=O)CCNS(=O)(=O)c2ccc(F)c(F)c2)CC1. The first kappa shape index (κ1) is 19.3. The molecule has 0 atom stereocenters. The summed E-state index contributed by atoms with van der Waals surface area (Å²) in [7, 11) is -4.03. The molecule has 2 rings (SSSR count). The quantitative estimate of drug-likeness (QED) is 0.748. The van der Waals surface area contributed by atoms with Gasteiger partial charge in [0.2, 0.25) is 21.8 Å². The highest BCUT2D eigenvalue weighted by Crippen LogP contribution is 2.17. The monoisotopic (exact) mass is 375 g/mol. The molecule has 0 aromatic heterocycles. The number of sulfonamides is 1. The summed E-state index contributed by atoms with van der Waals surface area (Å²) in [4.78, 5) is 24.3. The van der Waals surface area contributed by atoms with Crippen molar-refractivity contribution in [2.45, 2.75) is 24.2 Å². The van der Waals surface area contributed by atoms with Crippen molar-refractivity contribution in [3.8, 4) is 0 Å². The van der Waals surface area contributed by atoms with Crippen molar-refractivity contribution in [3.63, 3.8) is 0 Å². The molecule has 0 spiro atoms. The molecule has 1 aliphatic rings. The molecule has 0 radical (unpaired) electrons. The number of rotatable bonds is 6. The highest BCUT2D eigenvalue weighted by atomic mass is 32.2. The van der Waals surface area contributed by atoms with Crippen LogP contribution in [-0.4, -0.2) is 44.8 Å².